The zero-order valence-electron chi connectivity index (χ0n) is 18.6. The molecule has 1 amide bonds. The molecule has 0 saturated carbocycles. The molecule has 1 fully saturated rings. The molecular weight excluding hydrogens is 434 g/mol. The minimum Gasteiger partial charge on any atom is -0.380 e. The van der Waals surface area contributed by atoms with Crippen molar-refractivity contribution in [3.63, 3.8) is 0 Å². The number of anilines is 1. The summed E-state index contributed by atoms with van der Waals surface area (Å²) in [7, 11) is 2.10. The van der Waals surface area contributed by atoms with Gasteiger partial charge >= 0.3 is 0 Å². The lowest BCUT2D eigenvalue weighted by Crippen LogP contribution is -2.43. The Balaban J connectivity index is 1.60. The second kappa shape index (κ2) is 10.0. The van der Waals surface area contributed by atoms with Crippen LogP contribution in [-0.4, -0.2) is 48.5 Å². The second-order valence-corrected chi connectivity index (χ2v) is 8.79. The molecule has 1 aromatic heterocycles. The van der Waals surface area contributed by atoms with Crippen LogP contribution in [0, 0.1) is 11.3 Å². The van der Waals surface area contributed by atoms with Crippen molar-refractivity contribution in [1.82, 2.24) is 15.2 Å². The Labute approximate surface area is 198 Å². The highest BCUT2D eigenvalue weighted by Gasteiger charge is 2.20. The number of piperidine rings is 1. The number of carbonyl (C=O) groups is 1. The lowest BCUT2D eigenvalue weighted by atomic mass is 10.0. The maximum Gasteiger partial charge on any atom is 0.270 e. The van der Waals surface area contributed by atoms with Crippen molar-refractivity contribution in [1.29, 1.82) is 5.26 Å². The van der Waals surface area contributed by atoms with Crippen LogP contribution in [0.1, 0.15) is 23.3 Å². The fraction of sp³-hybridized carbons (Fsp3) is 0.269. The summed E-state index contributed by atoms with van der Waals surface area (Å²) in [5.74, 6) is -0.146. The molecule has 1 aliphatic rings. The number of pyridine rings is 1. The Hall–Kier alpha value is -3.40. The highest BCUT2D eigenvalue weighted by Crippen LogP contribution is 2.33. The Morgan fingerprint density at radius 2 is 2.00 bits per heavy atom. The topological polar surface area (TPSA) is 81.0 Å². The Kier molecular flexibility index (Phi) is 6.93. The van der Waals surface area contributed by atoms with Gasteiger partial charge in [-0.15, -0.1) is 0 Å². The number of nitrogens with zero attached hydrogens (tertiary/aromatic N) is 3. The summed E-state index contributed by atoms with van der Waals surface area (Å²) in [6.45, 7) is 6.04. The summed E-state index contributed by atoms with van der Waals surface area (Å²) in [6.07, 6.45) is 1.89. The van der Waals surface area contributed by atoms with E-state index in [0.717, 1.165) is 48.0 Å². The maximum absolute atomic E-state index is 12.8. The van der Waals surface area contributed by atoms with Crippen LogP contribution in [0.4, 0.5) is 5.69 Å². The summed E-state index contributed by atoms with van der Waals surface area (Å²) in [4.78, 5) is 19.7. The molecule has 1 aliphatic heterocycles. The lowest BCUT2D eigenvalue weighted by Gasteiger charge is -2.29. The Morgan fingerprint density at radius 1 is 1.21 bits per heavy atom. The van der Waals surface area contributed by atoms with Gasteiger partial charge in [-0.1, -0.05) is 36.4 Å². The monoisotopic (exact) mass is 459 g/mol. The molecule has 0 atom stereocenters. The van der Waals surface area contributed by atoms with Crippen LogP contribution >= 0.6 is 11.6 Å². The first-order valence-electron chi connectivity index (χ1n) is 11.0. The van der Waals surface area contributed by atoms with Crippen LogP contribution in [0.15, 0.2) is 60.7 Å². The lowest BCUT2D eigenvalue weighted by molar-refractivity contribution is 0.0912. The molecule has 4 rings (SSSR count). The third-order valence-electron chi connectivity index (χ3n) is 5.94. The maximum atomic E-state index is 12.8. The van der Waals surface area contributed by atoms with Crippen LogP contribution in [-0.2, 0) is 0 Å². The third-order valence-corrected chi connectivity index (χ3v) is 6.27. The molecule has 2 N–H and O–H groups in total. The molecule has 1 saturated heterocycles. The van der Waals surface area contributed by atoms with E-state index in [-0.39, 0.29) is 11.9 Å². The van der Waals surface area contributed by atoms with Gasteiger partial charge in [-0.2, -0.15) is 5.26 Å². The SMILES string of the molecule is C=C(C#N)CNc1ccc(Cl)c2ccc(-c3cccc(C(=O)NC4CCN(C)CC4)n3)cc12. The molecule has 0 unspecified atom stereocenters. The zero-order valence-corrected chi connectivity index (χ0v) is 19.3. The quantitative estimate of drug-likeness (QED) is 0.514. The van der Waals surface area contributed by atoms with E-state index in [1.165, 1.54) is 0 Å². The number of nitrogens with one attached hydrogen (secondary N) is 2. The summed E-state index contributed by atoms with van der Waals surface area (Å²) >= 11 is 6.42. The Bertz CT molecular complexity index is 1240. The fourth-order valence-electron chi connectivity index (χ4n) is 4.00. The first-order valence-corrected chi connectivity index (χ1v) is 11.3. The van der Waals surface area contributed by atoms with Crippen LogP contribution in [0.5, 0.6) is 0 Å². The van der Waals surface area contributed by atoms with Gasteiger partial charge in [0.2, 0.25) is 0 Å². The van der Waals surface area contributed by atoms with Gasteiger partial charge in [0.05, 0.1) is 11.8 Å². The number of amides is 1. The number of fused-ring (bicyclic) bond motifs is 1. The average Bonchev–Trinajstić information content (AvgIpc) is 2.84. The van der Waals surface area contributed by atoms with Crippen molar-refractivity contribution >= 4 is 34.0 Å². The molecule has 2 heterocycles. The molecule has 6 nitrogen and oxygen atoms in total. The minimum absolute atomic E-state index is 0.146. The molecule has 0 bridgehead atoms. The molecular formula is C26H26ClN5O. The van der Waals surface area contributed by atoms with E-state index in [2.05, 4.69) is 34.1 Å². The number of hydrogen-bond donors (Lipinski definition) is 2. The minimum atomic E-state index is -0.146. The highest BCUT2D eigenvalue weighted by molar-refractivity contribution is 6.36. The predicted molar refractivity (Wildman–Crippen MR) is 133 cm³/mol. The normalized spacial score (nSPS) is 14.6. The van der Waals surface area contributed by atoms with E-state index in [4.69, 9.17) is 16.9 Å². The van der Waals surface area contributed by atoms with Gasteiger partial charge in [-0.25, -0.2) is 4.98 Å². The van der Waals surface area contributed by atoms with Gasteiger partial charge in [-0.05, 0) is 63.3 Å². The van der Waals surface area contributed by atoms with Gasteiger partial charge in [0.25, 0.3) is 5.91 Å². The van der Waals surface area contributed by atoms with Crippen LogP contribution in [0.25, 0.3) is 22.0 Å². The molecule has 0 aliphatic carbocycles. The molecule has 33 heavy (non-hydrogen) atoms. The first kappa shape index (κ1) is 22.8. The van der Waals surface area contributed by atoms with Crippen LogP contribution in [0.3, 0.4) is 0 Å². The molecule has 2 aromatic carbocycles. The number of hydrogen-bond acceptors (Lipinski definition) is 5. The van der Waals surface area contributed by atoms with Gasteiger partial charge in [0, 0.05) is 45.2 Å². The number of halogens is 1. The van der Waals surface area contributed by atoms with Gasteiger partial charge < -0.3 is 15.5 Å². The van der Waals surface area contributed by atoms with E-state index in [0.29, 0.717) is 28.5 Å². The van der Waals surface area contributed by atoms with Crippen molar-refractivity contribution < 1.29 is 4.79 Å². The smallest absolute Gasteiger partial charge is 0.270 e. The first-order chi connectivity index (χ1) is 15.9. The largest absolute Gasteiger partial charge is 0.380 e. The zero-order chi connectivity index (χ0) is 23.4. The summed E-state index contributed by atoms with van der Waals surface area (Å²) < 4.78 is 0. The highest BCUT2D eigenvalue weighted by atomic mass is 35.5. The summed E-state index contributed by atoms with van der Waals surface area (Å²) in [5, 5.41) is 17.8. The molecule has 168 valence electrons. The molecule has 3 aromatic rings. The number of carbonyl (C=O) groups excluding carboxylic acids is 1. The van der Waals surface area contributed by atoms with Crippen molar-refractivity contribution in [3.05, 3.63) is 71.4 Å². The van der Waals surface area contributed by atoms with Crippen LogP contribution in [0.2, 0.25) is 5.02 Å². The predicted octanol–water partition coefficient (Wildman–Crippen LogP) is 4.87. The number of benzene rings is 2. The summed E-state index contributed by atoms with van der Waals surface area (Å²) in [5.41, 5.74) is 3.28. The van der Waals surface area contributed by atoms with E-state index in [9.17, 15) is 4.79 Å². The van der Waals surface area contributed by atoms with E-state index >= 15 is 0 Å². The fourth-order valence-corrected chi connectivity index (χ4v) is 4.23. The van der Waals surface area contributed by atoms with Crippen molar-refractivity contribution in [3.8, 4) is 17.3 Å². The number of likely N-dealkylation sites (tertiary alicyclic amines) is 1. The van der Waals surface area contributed by atoms with E-state index in [1.54, 1.807) is 6.07 Å². The number of rotatable bonds is 6. The van der Waals surface area contributed by atoms with Gasteiger partial charge in [-0.3, -0.25) is 4.79 Å². The van der Waals surface area contributed by atoms with E-state index < -0.39 is 0 Å². The Morgan fingerprint density at radius 3 is 2.76 bits per heavy atom. The van der Waals surface area contributed by atoms with Crippen molar-refractivity contribution in [2.24, 2.45) is 0 Å². The van der Waals surface area contributed by atoms with Gasteiger partial charge in [0.1, 0.15) is 5.69 Å². The van der Waals surface area contributed by atoms with E-state index in [1.807, 2.05) is 48.5 Å². The van der Waals surface area contributed by atoms with Crippen molar-refractivity contribution in [2.75, 3.05) is 32.0 Å². The third kappa shape index (κ3) is 5.33. The molecule has 7 heteroatoms. The molecule has 0 spiro atoms. The average molecular weight is 460 g/mol. The van der Waals surface area contributed by atoms with Crippen molar-refractivity contribution in [2.45, 2.75) is 18.9 Å². The second-order valence-electron chi connectivity index (χ2n) is 8.38. The molecule has 0 radical (unpaired) electrons. The number of aromatic nitrogens is 1. The van der Waals surface area contributed by atoms with Gasteiger partial charge in [0.15, 0.2) is 0 Å². The van der Waals surface area contributed by atoms with Crippen LogP contribution < -0.4 is 10.6 Å². The standard InChI is InChI=1S/C26H26ClN5O/c1-17(15-28)16-29-24-9-8-22(27)20-7-6-18(14-21(20)24)23-4-3-5-25(31-23)26(33)30-19-10-12-32(2)13-11-19/h3-9,14,19,29H,1,10-13,16H2,2H3,(H,30,33). The summed E-state index contributed by atoms with van der Waals surface area (Å²) in [6, 6.07) is 17.3. The number of nitriles is 1.